The van der Waals surface area contributed by atoms with Gasteiger partial charge in [-0.25, -0.2) is 0 Å². The number of aliphatic hydroxyl groups is 1. The number of aromatic nitrogens is 1. The van der Waals surface area contributed by atoms with E-state index in [4.69, 9.17) is 5.73 Å². The van der Waals surface area contributed by atoms with Crippen LogP contribution in [0.1, 0.15) is 26.7 Å². The van der Waals surface area contributed by atoms with Crippen LogP contribution in [0.3, 0.4) is 0 Å². The molecule has 1 heterocycles. The molecule has 0 bridgehead atoms. The fourth-order valence-electron chi connectivity index (χ4n) is 1.39. The lowest BCUT2D eigenvalue weighted by Crippen LogP contribution is -2.35. The van der Waals surface area contributed by atoms with Crippen molar-refractivity contribution < 1.29 is 5.11 Å². The van der Waals surface area contributed by atoms with E-state index >= 15 is 0 Å². The Kier molecular flexibility index (Phi) is 4.56. The lowest BCUT2D eigenvalue weighted by Gasteiger charge is -2.26. The molecule has 0 spiro atoms. The van der Waals surface area contributed by atoms with Crippen molar-refractivity contribution in [1.29, 1.82) is 0 Å². The van der Waals surface area contributed by atoms with Crippen LogP contribution >= 0.6 is 15.9 Å². The van der Waals surface area contributed by atoms with Gasteiger partial charge in [0.15, 0.2) is 0 Å². The Labute approximate surface area is 104 Å². The first-order chi connectivity index (χ1) is 7.52. The Balaban J connectivity index is 2.75. The summed E-state index contributed by atoms with van der Waals surface area (Å²) in [6.45, 7) is 4.42. The molecule has 1 rings (SSSR count). The predicted molar refractivity (Wildman–Crippen MR) is 70.4 cm³/mol. The topological polar surface area (TPSA) is 71.2 Å². The minimum Gasteiger partial charge on any atom is -0.396 e. The van der Waals surface area contributed by atoms with Gasteiger partial charge in [0.05, 0.1) is 27.6 Å². The third-order valence-corrected chi connectivity index (χ3v) is 3.44. The van der Waals surface area contributed by atoms with Crippen LogP contribution in [0.5, 0.6) is 0 Å². The van der Waals surface area contributed by atoms with Crippen LogP contribution in [-0.4, -0.2) is 22.2 Å². The molecule has 0 aliphatic rings. The summed E-state index contributed by atoms with van der Waals surface area (Å²) in [5.74, 6) is 0. The lowest BCUT2D eigenvalue weighted by molar-refractivity contribution is 0.0457. The first-order valence-corrected chi connectivity index (χ1v) is 6.17. The zero-order valence-electron chi connectivity index (χ0n) is 9.63. The van der Waals surface area contributed by atoms with Crippen molar-refractivity contribution in [2.24, 2.45) is 0 Å². The Bertz CT molecular complexity index is 333. The van der Waals surface area contributed by atoms with Crippen LogP contribution in [0.2, 0.25) is 0 Å². The molecule has 0 saturated carbocycles. The normalized spacial score (nSPS) is 11.5. The third-order valence-electron chi connectivity index (χ3n) is 2.84. The van der Waals surface area contributed by atoms with E-state index in [2.05, 4.69) is 26.2 Å². The van der Waals surface area contributed by atoms with E-state index in [0.29, 0.717) is 25.1 Å². The fraction of sp³-hybridized carbons (Fsp3) is 0.545. The highest BCUT2D eigenvalue weighted by atomic mass is 79.9. The molecule has 5 heteroatoms. The number of rotatable bonds is 5. The van der Waals surface area contributed by atoms with Crippen molar-refractivity contribution in [3.05, 3.63) is 16.9 Å². The molecular formula is C11H18BrN3O. The van der Waals surface area contributed by atoms with Gasteiger partial charge in [-0.2, -0.15) is 0 Å². The summed E-state index contributed by atoms with van der Waals surface area (Å²) in [6, 6.07) is 0. The molecule has 1 aromatic heterocycles. The van der Waals surface area contributed by atoms with E-state index in [1.165, 1.54) is 0 Å². The zero-order chi connectivity index (χ0) is 12.2. The van der Waals surface area contributed by atoms with Crippen LogP contribution in [0.15, 0.2) is 16.9 Å². The quantitative estimate of drug-likeness (QED) is 0.778. The van der Waals surface area contributed by atoms with Crippen LogP contribution < -0.4 is 11.1 Å². The highest BCUT2D eigenvalue weighted by molar-refractivity contribution is 9.10. The second-order valence-electron chi connectivity index (χ2n) is 3.87. The largest absolute Gasteiger partial charge is 0.396 e. The molecule has 0 unspecified atom stereocenters. The molecule has 90 valence electrons. The molecule has 0 aliphatic carbocycles. The first-order valence-electron chi connectivity index (χ1n) is 5.37. The molecule has 4 nitrogen and oxygen atoms in total. The fourth-order valence-corrected chi connectivity index (χ4v) is 1.88. The molecule has 4 N–H and O–H groups in total. The number of hydrogen-bond donors (Lipinski definition) is 3. The van der Waals surface area contributed by atoms with Gasteiger partial charge < -0.3 is 16.2 Å². The molecule has 0 fully saturated rings. The molecule has 0 saturated heterocycles. The number of nitrogen functional groups attached to an aromatic ring is 1. The van der Waals surface area contributed by atoms with Crippen LogP contribution in [0.4, 0.5) is 11.4 Å². The summed E-state index contributed by atoms with van der Waals surface area (Å²) in [7, 11) is 0. The molecule has 0 atom stereocenters. The van der Waals surface area contributed by atoms with Gasteiger partial charge in [0, 0.05) is 12.7 Å². The van der Waals surface area contributed by atoms with Gasteiger partial charge in [-0.3, -0.25) is 4.98 Å². The summed E-state index contributed by atoms with van der Waals surface area (Å²) in [6.07, 6.45) is 4.68. The van der Waals surface area contributed by atoms with E-state index in [-0.39, 0.29) is 0 Å². The molecule has 1 aromatic rings. The third kappa shape index (κ3) is 3.09. The number of nitrogens with one attached hydrogen (secondary N) is 1. The highest BCUT2D eigenvalue weighted by Gasteiger charge is 2.22. The molecular weight excluding hydrogens is 270 g/mol. The molecule has 0 amide bonds. The van der Waals surface area contributed by atoms with Crippen LogP contribution in [0, 0.1) is 0 Å². The standard InChI is InChI=1S/C11H18BrN3O/c1-3-11(16,4-2)7-15-10-8(12)5-14-6-9(10)13/h5-6,16H,3-4,7,13H2,1-2H3,(H,14,15). The number of halogens is 1. The Hall–Kier alpha value is -0.810. The summed E-state index contributed by atoms with van der Waals surface area (Å²) in [5.41, 5.74) is 6.47. The monoisotopic (exact) mass is 287 g/mol. The maximum atomic E-state index is 10.1. The van der Waals surface area contributed by atoms with Gasteiger partial charge in [-0.15, -0.1) is 0 Å². The molecule has 0 radical (unpaired) electrons. The average Bonchev–Trinajstić information content (AvgIpc) is 2.28. The maximum Gasteiger partial charge on any atom is 0.0814 e. The molecule has 0 aliphatic heterocycles. The van der Waals surface area contributed by atoms with Crippen molar-refractivity contribution in [3.8, 4) is 0 Å². The van der Waals surface area contributed by atoms with Gasteiger partial charge >= 0.3 is 0 Å². The van der Waals surface area contributed by atoms with Gasteiger partial charge in [0.1, 0.15) is 0 Å². The number of nitrogens with zero attached hydrogens (tertiary/aromatic N) is 1. The van der Waals surface area contributed by atoms with Crippen molar-refractivity contribution in [3.63, 3.8) is 0 Å². The number of pyridine rings is 1. The smallest absolute Gasteiger partial charge is 0.0814 e. The van der Waals surface area contributed by atoms with Gasteiger partial charge in [0.2, 0.25) is 0 Å². The SMILES string of the molecule is CCC(O)(CC)CNc1c(N)cncc1Br. The summed E-state index contributed by atoms with van der Waals surface area (Å²) >= 11 is 3.37. The van der Waals surface area contributed by atoms with Crippen molar-refractivity contribution >= 4 is 27.3 Å². The molecule has 0 aromatic carbocycles. The Morgan fingerprint density at radius 2 is 2.06 bits per heavy atom. The first kappa shape index (κ1) is 13.3. The second kappa shape index (κ2) is 5.50. The highest BCUT2D eigenvalue weighted by Crippen LogP contribution is 2.28. The average molecular weight is 288 g/mol. The van der Waals surface area contributed by atoms with Gasteiger partial charge in [-0.05, 0) is 28.8 Å². The van der Waals surface area contributed by atoms with E-state index < -0.39 is 5.60 Å². The summed E-state index contributed by atoms with van der Waals surface area (Å²) in [5, 5.41) is 13.3. The van der Waals surface area contributed by atoms with E-state index in [1.807, 2.05) is 13.8 Å². The summed E-state index contributed by atoms with van der Waals surface area (Å²) < 4.78 is 0.807. The maximum absolute atomic E-state index is 10.1. The van der Waals surface area contributed by atoms with Crippen molar-refractivity contribution in [2.75, 3.05) is 17.6 Å². The number of nitrogens with two attached hydrogens (primary N) is 1. The Morgan fingerprint density at radius 3 is 2.56 bits per heavy atom. The van der Waals surface area contributed by atoms with Crippen molar-refractivity contribution in [1.82, 2.24) is 4.98 Å². The lowest BCUT2D eigenvalue weighted by atomic mass is 9.97. The van der Waals surface area contributed by atoms with Gasteiger partial charge in [-0.1, -0.05) is 13.8 Å². The second-order valence-corrected chi connectivity index (χ2v) is 4.72. The minimum atomic E-state index is -0.685. The van der Waals surface area contributed by atoms with Crippen molar-refractivity contribution in [2.45, 2.75) is 32.3 Å². The zero-order valence-corrected chi connectivity index (χ0v) is 11.2. The summed E-state index contributed by atoms with van der Waals surface area (Å²) in [4.78, 5) is 3.95. The van der Waals surface area contributed by atoms with Gasteiger partial charge in [0.25, 0.3) is 0 Å². The number of anilines is 2. The van der Waals surface area contributed by atoms with E-state index in [9.17, 15) is 5.11 Å². The Morgan fingerprint density at radius 1 is 1.44 bits per heavy atom. The number of hydrogen-bond acceptors (Lipinski definition) is 4. The minimum absolute atomic E-state index is 0.479. The van der Waals surface area contributed by atoms with Crippen LogP contribution in [-0.2, 0) is 0 Å². The molecule has 16 heavy (non-hydrogen) atoms. The van der Waals surface area contributed by atoms with Crippen LogP contribution in [0.25, 0.3) is 0 Å². The van der Waals surface area contributed by atoms with E-state index in [1.54, 1.807) is 12.4 Å². The predicted octanol–water partition coefficient (Wildman–Crippen LogP) is 2.39. The van der Waals surface area contributed by atoms with E-state index in [0.717, 1.165) is 10.2 Å².